The Morgan fingerprint density at radius 3 is 2.61 bits per heavy atom. The van der Waals surface area contributed by atoms with E-state index >= 15 is 0 Å². The van der Waals surface area contributed by atoms with Crippen LogP contribution in [-0.4, -0.2) is 17.0 Å². The molecule has 2 aromatic rings. The molecule has 0 amide bonds. The van der Waals surface area contributed by atoms with Crippen molar-refractivity contribution in [3.63, 3.8) is 0 Å². The van der Waals surface area contributed by atoms with Crippen LogP contribution in [0.2, 0.25) is 0 Å². The molecule has 1 unspecified atom stereocenters. The molecule has 0 radical (unpaired) electrons. The molecule has 0 spiro atoms. The number of hydrogen-bond acceptors (Lipinski definition) is 4. The molecule has 1 N–H and O–H groups in total. The van der Waals surface area contributed by atoms with E-state index in [-0.39, 0.29) is 0 Å². The lowest BCUT2D eigenvalue weighted by molar-refractivity contribution is 0.651. The van der Waals surface area contributed by atoms with Gasteiger partial charge in [0.25, 0.3) is 0 Å². The van der Waals surface area contributed by atoms with Crippen molar-refractivity contribution in [2.75, 3.05) is 7.05 Å². The van der Waals surface area contributed by atoms with Gasteiger partial charge in [-0.3, -0.25) is 0 Å². The number of benzene rings is 1. The predicted octanol–water partition coefficient (Wildman–Crippen LogP) is 3.67. The summed E-state index contributed by atoms with van der Waals surface area (Å²) in [6.45, 7) is 2.13. The average Bonchev–Trinajstić information content (AvgIpc) is 2.41. The minimum atomic E-state index is 0.341. The standard InChI is InChI=1S/C13H14BrN3S/c1-9(15-2)10-4-5-12(11(14)8-10)18-13-16-6-3-7-17-13/h3-9,15H,1-2H3. The first-order valence-corrected chi connectivity index (χ1v) is 7.23. The summed E-state index contributed by atoms with van der Waals surface area (Å²) in [5, 5.41) is 3.98. The molecule has 2 rings (SSSR count). The van der Waals surface area contributed by atoms with E-state index < -0.39 is 0 Å². The lowest BCUT2D eigenvalue weighted by Crippen LogP contribution is -2.12. The molecular weight excluding hydrogens is 310 g/mol. The second-order valence-corrected chi connectivity index (χ2v) is 5.70. The average molecular weight is 324 g/mol. The van der Waals surface area contributed by atoms with Gasteiger partial charge in [-0.05, 0) is 65.4 Å². The number of rotatable bonds is 4. The van der Waals surface area contributed by atoms with Gasteiger partial charge in [0.2, 0.25) is 0 Å². The van der Waals surface area contributed by atoms with Crippen LogP contribution in [0.25, 0.3) is 0 Å². The first-order chi connectivity index (χ1) is 8.70. The summed E-state index contributed by atoms with van der Waals surface area (Å²) in [5.74, 6) is 0. The number of nitrogens with zero attached hydrogens (tertiary/aromatic N) is 2. The largest absolute Gasteiger partial charge is 0.313 e. The van der Waals surface area contributed by atoms with Gasteiger partial charge in [0.1, 0.15) is 0 Å². The van der Waals surface area contributed by atoms with Crippen LogP contribution >= 0.6 is 27.7 Å². The monoisotopic (exact) mass is 323 g/mol. The Balaban J connectivity index is 2.20. The summed E-state index contributed by atoms with van der Waals surface area (Å²) < 4.78 is 1.07. The van der Waals surface area contributed by atoms with Gasteiger partial charge >= 0.3 is 0 Å². The highest BCUT2D eigenvalue weighted by Crippen LogP contribution is 2.33. The van der Waals surface area contributed by atoms with E-state index in [9.17, 15) is 0 Å². The van der Waals surface area contributed by atoms with Gasteiger partial charge in [0.05, 0.1) is 0 Å². The molecule has 1 aromatic carbocycles. The summed E-state index contributed by atoms with van der Waals surface area (Å²) in [7, 11) is 1.96. The fraction of sp³-hybridized carbons (Fsp3) is 0.231. The maximum Gasteiger partial charge on any atom is 0.192 e. The maximum absolute atomic E-state index is 4.21. The van der Waals surface area contributed by atoms with Gasteiger partial charge < -0.3 is 5.32 Å². The fourth-order valence-electron chi connectivity index (χ4n) is 1.47. The summed E-state index contributed by atoms with van der Waals surface area (Å²) >= 11 is 5.15. The van der Waals surface area contributed by atoms with Crippen molar-refractivity contribution in [2.24, 2.45) is 0 Å². The van der Waals surface area contributed by atoms with Gasteiger partial charge in [0.15, 0.2) is 5.16 Å². The van der Waals surface area contributed by atoms with Crippen LogP contribution in [0.5, 0.6) is 0 Å². The topological polar surface area (TPSA) is 37.8 Å². The zero-order chi connectivity index (χ0) is 13.0. The molecule has 1 atom stereocenters. The molecule has 0 bridgehead atoms. The van der Waals surface area contributed by atoms with E-state index in [1.54, 1.807) is 24.2 Å². The Bertz CT molecular complexity index is 519. The molecule has 3 nitrogen and oxygen atoms in total. The summed E-state index contributed by atoms with van der Waals surface area (Å²) in [4.78, 5) is 9.53. The summed E-state index contributed by atoms with van der Waals surface area (Å²) in [6.07, 6.45) is 3.50. The number of nitrogens with one attached hydrogen (secondary N) is 1. The van der Waals surface area contributed by atoms with Crippen LogP contribution in [0.4, 0.5) is 0 Å². The molecule has 18 heavy (non-hydrogen) atoms. The Morgan fingerprint density at radius 2 is 2.00 bits per heavy atom. The van der Waals surface area contributed by atoms with Crippen molar-refractivity contribution in [1.82, 2.24) is 15.3 Å². The number of aromatic nitrogens is 2. The first kappa shape index (κ1) is 13.5. The molecule has 1 heterocycles. The van der Waals surface area contributed by atoms with Crippen molar-refractivity contribution in [1.29, 1.82) is 0 Å². The Kier molecular flexibility index (Phi) is 4.74. The Labute approximate surface area is 120 Å². The van der Waals surface area contributed by atoms with Crippen LogP contribution in [0, 0.1) is 0 Å². The van der Waals surface area contributed by atoms with Crippen molar-refractivity contribution in [3.8, 4) is 0 Å². The van der Waals surface area contributed by atoms with Crippen molar-refractivity contribution >= 4 is 27.7 Å². The van der Waals surface area contributed by atoms with Crippen LogP contribution in [0.1, 0.15) is 18.5 Å². The molecule has 94 valence electrons. The van der Waals surface area contributed by atoms with E-state index in [1.807, 2.05) is 13.1 Å². The van der Waals surface area contributed by atoms with E-state index in [2.05, 4.69) is 56.3 Å². The molecule has 0 saturated carbocycles. The fourth-order valence-corrected chi connectivity index (χ4v) is 2.83. The lowest BCUT2D eigenvalue weighted by Gasteiger charge is -2.12. The Hall–Kier alpha value is -0.910. The van der Waals surface area contributed by atoms with Gasteiger partial charge in [0, 0.05) is 27.8 Å². The minimum Gasteiger partial charge on any atom is -0.313 e. The van der Waals surface area contributed by atoms with E-state index in [1.165, 1.54) is 5.56 Å². The van der Waals surface area contributed by atoms with Gasteiger partial charge in [-0.25, -0.2) is 9.97 Å². The highest BCUT2D eigenvalue weighted by molar-refractivity contribution is 9.10. The van der Waals surface area contributed by atoms with Gasteiger partial charge in [-0.1, -0.05) is 6.07 Å². The summed E-state index contributed by atoms with van der Waals surface area (Å²) in [6, 6.07) is 8.50. The SMILES string of the molecule is CNC(C)c1ccc(Sc2ncccn2)c(Br)c1. The zero-order valence-electron chi connectivity index (χ0n) is 10.2. The maximum atomic E-state index is 4.21. The molecule has 1 aromatic heterocycles. The van der Waals surface area contributed by atoms with Crippen molar-refractivity contribution in [2.45, 2.75) is 23.0 Å². The zero-order valence-corrected chi connectivity index (χ0v) is 12.6. The third-order valence-corrected chi connectivity index (χ3v) is 4.52. The van der Waals surface area contributed by atoms with Crippen LogP contribution in [0.3, 0.4) is 0 Å². The number of halogens is 1. The number of hydrogen-bond donors (Lipinski definition) is 1. The lowest BCUT2D eigenvalue weighted by atomic mass is 10.1. The minimum absolute atomic E-state index is 0.341. The predicted molar refractivity (Wildman–Crippen MR) is 77.8 cm³/mol. The molecule has 0 aliphatic rings. The third-order valence-electron chi connectivity index (χ3n) is 2.63. The van der Waals surface area contributed by atoms with Gasteiger partial charge in [-0.2, -0.15) is 0 Å². The van der Waals surface area contributed by atoms with Gasteiger partial charge in [-0.15, -0.1) is 0 Å². The van der Waals surface area contributed by atoms with E-state index in [0.717, 1.165) is 14.5 Å². The van der Waals surface area contributed by atoms with Crippen molar-refractivity contribution in [3.05, 3.63) is 46.7 Å². The molecular formula is C13H14BrN3S. The summed E-state index contributed by atoms with van der Waals surface area (Å²) in [5.41, 5.74) is 1.25. The van der Waals surface area contributed by atoms with Crippen molar-refractivity contribution < 1.29 is 0 Å². The van der Waals surface area contributed by atoms with Crippen LogP contribution in [0.15, 0.2) is 51.2 Å². The highest BCUT2D eigenvalue weighted by atomic mass is 79.9. The van der Waals surface area contributed by atoms with Crippen LogP contribution < -0.4 is 5.32 Å². The highest BCUT2D eigenvalue weighted by Gasteiger charge is 2.08. The second-order valence-electron chi connectivity index (χ2n) is 3.83. The molecule has 0 fully saturated rings. The molecule has 0 saturated heterocycles. The molecule has 0 aliphatic carbocycles. The van der Waals surface area contributed by atoms with E-state index in [4.69, 9.17) is 0 Å². The third kappa shape index (κ3) is 3.31. The first-order valence-electron chi connectivity index (χ1n) is 5.62. The molecule has 0 aliphatic heterocycles. The quantitative estimate of drug-likeness (QED) is 0.871. The second kappa shape index (κ2) is 6.31. The Morgan fingerprint density at radius 1 is 1.28 bits per heavy atom. The normalized spacial score (nSPS) is 12.4. The van der Waals surface area contributed by atoms with Crippen LogP contribution in [-0.2, 0) is 0 Å². The molecule has 5 heteroatoms. The smallest absolute Gasteiger partial charge is 0.192 e. The van der Waals surface area contributed by atoms with E-state index in [0.29, 0.717) is 6.04 Å².